The van der Waals surface area contributed by atoms with Crippen LogP contribution in [0.15, 0.2) is 77.2 Å². The number of hydrogen-bond donors (Lipinski definition) is 5. The molecule has 0 fully saturated rings. The average Bonchev–Trinajstić information content (AvgIpc) is 2.76. The second-order valence-corrected chi connectivity index (χ2v) is 7.07. The molecule has 0 atom stereocenters. The van der Waals surface area contributed by atoms with Gasteiger partial charge in [0, 0.05) is 31.9 Å². The van der Waals surface area contributed by atoms with Crippen molar-refractivity contribution < 1.29 is 42.0 Å². The van der Waals surface area contributed by atoms with E-state index in [1.54, 1.807) is 26.2 Å². The first-order chi connectivity index (χ1) is 15.2. The second kappa shape index (κ2) is 10.9. The quantitative estimate of drug-likeness (QED) is 0.285. The molecule has 0 aliphatic rings. The highest BCUT2D eigenvalue weighted by atomic mass is 35.5. The third-order valence-electron chi connectivity index (χ3n) is 4.39. The largest absolute Gasteiger partial charge is 1.00 e. The fourth-order valence-electron chi connectivity index (χ4n) is 2.77. The molecule has 1 heterocycles. The van der Waals surface area contributed by atoms with Crippen LogP contribution < -0.4 is 17.7 Å². The number of anilines is 1. The van der Waals surface area contributed by atoms with Gasteiger partial charge in [-0.2, -0.15) is 0 Å². The minimum Gasteiger partial charge on any atom is -1.00 e. The number of carbonyl (C=O) groups excluding carboxylic acids is 1. The number of fused-ring (bicyclic) bond motifs is 1. The van der Waals surface area contributed by atoms with E-state index in [0.29, 0.717) is 10.9 Å². The standard InChI is InChI=1S/C15H10O5.C9H12N2O.ClH/c16-9-3-1-8(2-4-9)15-13(19)7-11-12(18)5-10(17)6-14(11)20-15;1-11(2)9(12)10-8-6-4-3-5-7-8;/h1-7H,(H3-,16,17,18,19);3-7H,1-2H3,(H,10,12);1H. The van der Waals surface area contributed by atoms with Crippen molar-refractivity contribution in [2.45, 2.75) is 0 Å². The molecule has 0 aliphatic carbocycles. The molecule has 5 N–H and O–H groups in total. The Labute approximate surface area is 196 Å². The first-order valence-electron chi connectivity index (χ1n) is 9.59. The van der Waals surface area contributed by atoms with Gasteiger partial charge < -0.3 is 43.0 Å². The molecule has 0 saturated carbocycles. The topological polar surface area (TPSA) is 125 Å². The van der Waals surface area contributed by atoms with E-state index in [0.717, 1.165) is 11.8 Å². The number of benzene rings is 3. The van der Waals surface area contributed by atoms with Crippen molar-refractivity contribution in [3.8, 4) is 34.3 Å². The van der Waals surface area contributed by atoms with Crippen LogP contribution in [0.5, 0.6) is 23.0 Å². The molecule has 0 saturated heterocycles. The van der Waals surface area contributed by atoms with Gasteiger partial charge in [-0.15, -0.1) is 0 Å². The van der Waals surface area contributed by atoms with E-state index in [-0.39, 0.29) is 52.8 Å². The normalized spacial score (nSPS) is 9.88. The summed E-state index contributed by atoms with van der Waals surface area (Å²) in [6, 6.07) is 19.2. The Morgan fingerprint density at radius 2 is 1.45 bits per heavy atom. The van der Waals surface area contributed by atoms with Crippen LogP contribution in [0.25, 0.3) is 22.3 Å². The summed E-state index contributed by atoms with van der Waals surface area (Å²) in [5.41, 5.74) is 1.62. The number of phenols is 3. The van der Waals surface area contributed by atoms with Gasteiger partial charge in [-0.05, 0) is 36.4 Å². The second-order valence-electron chi connectivity index (χ2n) is 7.07. The van der Waals surface area contributed by atoms with Crippen molar-refractivity contribution in [2.75, 3.05) is 19.4 Å². The molecule has 1 aromatic heterocycles. The van der Waals surface area contributed by atoms with Crippen LogP contribution in [0, 0.1) is 0 Å². The SMILES string of the molecule is CN(C)C(=O)Nc1ccccc1.Oc1ccc(-c2[o+]c3cc(O)cc(O)c3cc2O)cc1.[Cl-]. The van der Waals surface area contributed by atoms with Gasteiger partial charge in [0.05, 0.1) is 11.6 Å². The number of urea groups is 1. The summed E-state index contributed by atoms with van der Waals surface area (Å²) in [6.07, 6.45) is 0. The molecular weight excluding hydrogens is 448 g/mol. The van der Waals surface area contributed by atoms with Gasteiger partial charge in [-0.25, -0.2) is 9.21 Å². The Hall–Kier alpha value is -4.17. The fourth-order valence-corrected chi connectivity index (χ4v) is 2.77. The number of phenolic OH excluding ortho intramolecular Hbond substituents is 3. The zero-order chi connectivity index (χ0) is 23.3. The molecule has 3 aromatic carbocycles. The Kier molecular flexibility index (Phi) is 8.30. The van der Waals surface area contributed by atoms with Crippen LogP contribution in [-0.4, -0.2) is 45.5 Å². The van der Waals surface area contributed by atoms with Crippen molar-refractivity contribution in [3.63, 3.8) is 0 Å². The Morgan fingerprint density at radius 1 is 0.818 bits per heavy atom. The monoisotopic (exact) mass is 470 g/mol. The van der Waals surface area contributed by atoms with E-state index in [2.05, 4.69) is 5.32 Å². The van der Waals surface area contributed by atoms with Crippen LogP contribution in [0.3, 0.4) is 0 Å². The summed E-state index contributed by atoms with van der Waals surface area (Å²) in [5, 5.41) is 41.4. The molecule has 2 amide bonds. The zero-order valence-corrected chi connectivity index (χ0v) is 18.6. The number of hydrogen-bond acceptors (Lipinski definition) is 5. The number of para-hydroxylation sites is 1. The summed E-state index contributed by atoms with van der Waals surface area (Å²) in [7, 11) is 3.41. The Balaban J connectivity index is 0.000000257. The lowest BCUT2D eigenvalue weighted by molar-refractivity contribution is -0.0000140. The van der Waals surface area contributed by atoms with Crippen molar-refractivity contribution in [2.24, 2.45) is 0 Å². The zero-order valence-electron chi connectivity index (χ0n) is 17.9. The summed E-state index contributed by atoms with van der Waals surface area (Å²) in [6.45, 7) is 0. The maximum Gasteiger partial charge on any atom is 0.401 e. The first-order valence-corrected chi connectivity index (χ1v) is 9.59. The molecule has 33 heavy (non-hydrogen) atoms. The van der Waals surface area contributed by atoms with Gasteiger partial charge in [0.15, 0.2) is 0 Å². The van der Waals surface area contributed by atoms with Gasteiger partial charge in [-0.3, -0.25) is 0 Å². The van der Waals surface area contributed by atoms with E-state index >= 15 is 0 Å². The molecule has 0 spiro atoms. The van der Waals surface area contributed by atoms with E-state index in [1.807, 2.05) is 30.3 Å². The number of nitrogens with zero attached hydrogens (tertiary/aromatic N) is 1. The predicted octanol–water partition coefficient (Wildman–Crippen LogP) is 1.99. The maximum atomic E-state index is 11.1. The number of rotatable bonds is 2. The van der Waals surface area contributed by atoms with Gasteiger partial charge in [-0.1, -0.05) is 18.2 Å². The number of aromatic hydroxyl groups is 4. The third-order valence-corrected chi connectivity index (χ3v) is 4.39. The highest BCUT2D eigenvalue weighted by Gasteiger charge is 2.23. The molecule has 0 bridgehead atoms. The summed E-state index contributed by atoms with van der Waals surface area (Å²) in [4.78, 5) is 12.6. The number of nitrogens with one attached hydrogen (secondary N) is 1. The van der Waals surface area contributed by atoms with Gasteiger partial charge in [0.25, 0.3) is 0 Å². The molecule has 0 unspecified atom stereocenters. The molecule has 0 aliphatic heterocycles. The number of carbonyl (C=O) groups is 1. The lowest BCUT2D eigenvalue weighted by Crippen LogP contribution is -3.00. The van der Waals surface area contributed by atoms with Crippen molar-refractivity contribution in [1.82, 2.24) is 4.90 Å². The lowest BCUT2D eigenvalue weighted by atomic mass is 10.1. The van der Waals surface area contributed by atoms with Crippen LogP contribution in [-0.2, 0) is 0 Å². The predicted molar refractivity (Wildman–Crippen MR) is 122 cm³/mol. The summed E-state index contributed by atoms with van der Waals surface area (Å²) < 4.78 is 5.53. The molecule has 9 heteroatoms. The lowest BCUT2D eigenvalue weighted by Gasteiger charge is -2.11. The molecule has 4 rings (SSSR count). The Bertz CT molecular complexity index is 1230. The maximum absolute atomic E-state index is 11.1. The van der Waals surface area contributed by atoms with E-state index < -0.39 is 0 Å². The van der Waals surface area contributed by atoms with Crippen LogP contribution >= 0.6 is 0 Å². The number of halogens is 1. The molecular formula is C24H23ClN2O6. The van der Waals surface area contributed by atoms with Crippen molar-refractivity contribution in [1.29, 1.82) is 0 Å². The van der Waals surface area contributed by atoms with Crippen molar-refractivity contribution in [3.05, 3.63) is 72.8 Å². The minimum absolute atomic E-state index is 0. The molecule has 8 nitrogen and oxygen atoms in total. The van der Waals surface area contributed by atoms with E-state index in [1.165, 1.54) is 29.2 Å². The van der Waals surface area contributed by atoms with Gasteiger partial charge in [0.2, 0.25) is 5.75 Å². The van der Waals surface area contributed by atoms with Crippen LogP contribution in [0.2, 0.25) is 0 Å². The number of amides is 2. The third kappa shape index (κ3) is 6.41. The van der Waals surface area contributed by atoms with Crippen molar-refractivity contribution >= 4 is 22.7 Å². The molecule has 4 aromatic rings. The van der Waals surface area contributed by atoms with Gasteiger partial charge in [0.1, 0.15) is 22.6 Å². The molecule has 0 radical (unpaired) electrons. The fraction of sp³-hybridized carbons (Fsp3) is 0.0833. The average molecular weight is 471 g/mol. The smallest absolute Gasteiger partial charge is 0.401 e. The first kappa shape index (κ1) is 25.1. The van der Waals surface area contributed by atoms with Gasteiger partial charge >= 0.3 is 17.4 Å². The van der Waals surface area contributed by atoms with E-state index in [4.69, 9.17) is 4.42 Å². The highest BCUT2D eigenvalue weighted by Crippen LogP contribution is 2.38. The van der Waals surface area contributed by atoms with Crippen LogP contribution in [0.4, 0.5) is 10.5 Å². The Morgan fingerprint density at radius 3 is 2.06 bits per heavy atom. The highest BCUT2D eigenvalue weighted by molar-refractivity contribution is 5.89. The van der Waals surface area contributed by atoms with E-state index in [9.17, 15) is 25.2 Å². The summed E-state index contributed by atoms with van der Waals surface area (Å²) >= 11 is 0. The molecule has 172 valence electrons. The van der Waals surface area contributed by atoms with Crippen LogP contribution in [0.1, 0.15) is 0 Å². The minimum atomic E-state index is -0.184. The summed E-state index contributed by atoms with van der Waals surface area (Å²) in [5.74, 6) is -0.187.